The molecule has 0 saturated carbocycles. The summed E-state index contributed by atoms with van der Waals surface area (Å²) < 4.78 is 10.8. The van der Waals surface area contributed by atoms with Crippen molar-refractivity contribution < 1.29 is 19.1 Å². The number of carbonyl (C=O) groups excluding carboxylic acids is 2. The maximum atomic E-state index is 13.3. The minimum atomic E-state index is -0.507. The second-order valence-electron chi connectivity index (χ2n) is 8.29. The number of carbonyl (C=O) groups is 2. The normalized spacial score (nSPS) is 13.2. The first-order valence-corrected chi connectivity index (χ1v) is 10.9. The Labute approximate surface area is 184 Å². The van der Waals surface area contributed by atoms with Crippen LogP contribution in [0.4, 0.5) is 0 Å². The van der Waals surface area contributed by atoms with Crippen LogP contribution in [0.25, 0.3) is 0 Å². The number of rotatable bonds is 9. The molecule has 1 N–H and O–H groups in total. The molecule has 0 fully saturated rings. The van der Waals surface area contributed by atoms with E-state index in [1.165, 1.54) is 0 Å². The fourth-order valence-electron chi connectivity index (χ4n) is 3.80. The average molecular weight is 425 g/mol. The van der Waals surface area contributed by atoms with Gasteiger partial charge in [-0.2, -0.15) is 0 Å². The van der Waals surface area contributed by atoms with Crippen LogP contribution in [0.3, 0.4) is 0 Å². The Kier molecular flexibility index (Phi) is 7.55. The average Bonchev–Trinajstić information content (AvgIpc) is 3.19. The number of aryl methyl sites for hydroxylation is 2. The molecule has 0 unspecified atom stereocenters. The van der Waals surface area contributed by atoms with Crippen molar-refractivity contribution in [2.45, 2.75) is 65.6 Å². The van der Waals surface area contributed by atoms with Gasteiger partial charge < -0.3 is 19.7 Å². The van der Waals surface area contributed by atoms with Gasteiger partial charge in [0, 0.05) is 19.0 Å². The summed E-state index contributed by atoms with van der Waals surface area (Å²) in [5, 5.41) is 2.97. The van der Waals surface area contributed by atoms with E-state index in [1.54, 1.807) is 4.90 Å². The van der Waals surface area contributed by atoms with Crippen molar-refractivity contribution in [1.29, 1.82) is 0 Å². The predicted molar refractivity (Wildman–Crippen MR) is 120 cm³/mol. The quantitative estimate of drug-likeness (QED) is 0.661. The summed E-state index contributed by atoms with van der Waals surface area (Å²) in [5.74, 6) is 1.29. The lowest BCUT2D eigenvalue weighted by Gasteiger charge is -2.31. The predicted octanol–water partition coefficient (Wildman–Crippen LogP) is 3.99. The molecule has 2 amide bonds. The highest BCUT2D eigenvalue weighted by atomic mass is 16.7. The van der Waals surface area contributed by atoms with Gasteiger partial charge in [0.15, 0.2) is 11.5 Å². The zero-order chi connectivity index (χ0) is 22.4. The zero-order valence-corrected chi connectivity index (χ0v) is 18.8. The van der Waals surface area contributed by atoms with E-state index in [-0.39, 0.29) is 24.6 Å². The molecule has 6 nitrogen and oxygen atoms in total. The van der Waals surface area contributed by atoms with Crippen molar-refractivity contribution in [2.24, 2.45) is 0 Å². The molecule has 1 aliphatic rings. The molecular formula is C25H32N2O4. The molecule has 0 spiro atoms. The number of nitrogens with one attached hydrogen (secondary N) is 1. The number of amides is 2. The lowest BCUT2D eigenvalue weighted by Crippen LogP contribution is -2.50. The molecule has 31 heavy (non-hydrogen) atoms. The van der Waals surface area contributed by atoms with Crippen molar-refractivity contribution in [3.63, 3.8) is 0 Å². The fraction of sp³-hybridized carbons (Fsp3) is 0.440. The Morgan fingerprint density at radius 2 is 1.84 bits per heavy atom. The Balaban J connectivity index is 1.76. The van der Waals surface area contributed by atoms with Crippen molar-refractivity contribution in [1.82, 2.24) is 10.2 Å². The van der Waals surface area contributed by atoms with Gasteiger partial charge in [0.1, 0.15) is 6.04 Å². The Bertz CT molecular complexity index is 925. The van der Waals surface area contributed by atoms with Gasteiger partial charge in [0.2, 0.25) is 18.6 Å². The van der Waals surface area contributed by atoms with Gasteiger partial charge in [-0.05, 0) is 56.9 Å². The third-order valence-electron chi connectivity index (χ3n) is 5.32. The molecule has 3 rings (SSSR count). The van der Waals surface area contributed by atoms with Crippen LogP contribution in [-0.4, -0.2) is 35.6 Å². The van der Waals surface area contributed by atoms with Crippen LogP contribution in [0, 0.1) is 6.92 Å². The molecule has 166 valence electrons. The number of ether oxygens (including phenoxy) is 2. The van der Waals surface area contributed by atoms with Crippen LogP contribution in [-0.2, 0) is 22.6 Å². The second kappa shape index (κ2) is 10.3. The summed E-state index contributed by atoms with van der Waals surface area (Å²) >= 11 is 0. The van der Waals surface area contributed by atoms with Crippen molar-refractivity contribution >= 4 is 11.8 Å². The highest BCUT2D eigenvalue weighted by Gasteiger charge is 2.28. The molecule has 1 atom stereocenters. The van der Waals surface area contributed by atoms with Crippen LogP contribution in [0.2, 0.25) is 0 Å². The van der Waals surface area contributed by atoms with E-state index in [9.17, 15) is 9.59 Å². The van der Waals surface area contributed by atoms with E-state index in [0.717, 1.165) is 22.4 Å². The Morgan fingerprint density at radius 1 is 1.06 bits per heavy atom. The van der Waals surface area contributed by atoms with Gasteiger partial charge in [-0.1, -0.05) is 42.8 Å². The van der Waals surface area contributed by atoms with Gasteiger partial charge in [0.05, 0.1) is 0 Å². The standard InChI is InChI=1S/C25H32N2O4/c1-5-21(25(29)26-17(2)3)27(15-20-8-6-7-18(4)13-20)24(28)12-10-19-9-11-22-23(14-19)31-16-30-22/h6-9,11,13-14,17,21H,5,10,12,15-16H2,1-4H3,(H,26,29)/t21-/m1/s1. The van der Waals surface area contributed by atoms with Crippen LogP contribution >= 0.6 is 0 Å². The molecule has 0 bridgehead atoms. The summed E-state index contributed by atoms with van der Waals surface area (Å²) in [6.45, 7) is 8.46. The van der Waals surface area contributed by atoms with Gasteiger partial charge >= 0.3 is 0 Å². The molecule has 6 heteroatoms. The number of hydrogen-bond donors (Lipinski definition) is 1. The fourth-order valence-corrected chi connectivity index (χ4v) is 3.80. The third-order valence-corrected chi connectivity index (χ3v) is 5.32. The molecular weight excluding hydrogens is 392 g/mol. The summed E-state index contributed by atoms with van der Waals surface area (Å²) in [5.41, 5.74) is 3.16. The number of fused-ring (bicyclic) bond motifs is 1. The van der Waals surface area contributed by atoms with E-state index in [0.29, 0.717) is 31.6 Å². The molecule has 1 heterocycles. The van der Waals surface area contributed by atoms with Crippen LogP contribution in [0.15, 0.2) is 42.5 Å². The minimum absolute atomic E-state index is 0.0195. The smallest absolute Gasteiger partial charge is 0.243 e. The Hall–Kier alpha value is -3.02. The van der Waals surface area contributed by atoms with E-state index in [2.05, 4.69) is 11.4 Å². The maximum absolute atomic E-state index is 13.3. The summed E-state index contributed by atoms with van der Waals surface area (Å²) in [6.07, 6.45) is 1.44. The number of benzene rings is 2. The van der Waals surface area contributed by atoms with E-state index in [4.69, 9.17) is 9.47 Å². The zero-order valence-electron chi connectivity index (χ0n) is 18.8. The molecule has 2 aromatic carbocycles. The summed E-state index contributed by atoms with van der Waals surface area (Å²) in [4.78, 5) is 27.9. The monoisotopic (exact) mass is 424 g/mol. The van der Waals surface area contributed by atoms with E-state index >= 15 is 0 Å². The number of hydrogen-bond acceptors (Lipinski definition) is 4. The van der Waals surface area contributed by atoms with Crippen molar-refractivity contribution in [3.05, 3.63) is 59.2 Å². The third kappa shape index (κ3) is 6.00. The second-order valence-corrected chi connectivity index (χ2v) is 8.29. The molecule has 0 saturated heterocycles. The minimum Gasteiger partial charge on any atom is -0.454 e. The molecule has 0 aliphatic carbocycles. The van der Waals surface area contributed by atoms with Gasteiger partial charge in [0.25, 0.3) is 0 Å². The van der Waals surface area contributed by atoms with Crippen molar-refractivity contribution in [2.75, 3.05) is 6.79 Å². The van der Waals surface area contributed by atoms with E-state index < -0.39 is 6.04 Å². The van der Waals surface area contributed by atoms with Crippen LogP contribution < -0.4 is 14.8 Å². The first-order chi connectivity index (χ1) is 14.9. The lowest BCUT2D eigenvalue weighted by molar-refractivity contribution is -0.141. The SMILES string of the molecule is CC[C@H](C(=O)NC(C)C)N(Cc1cccc(C)c1)C(=O)CCc1ccc2c(c1)OCO2. The molecule has 1 aliphatic heterocycles. The van der Waals surface area contributed by atoms with E-state index in [1.807, 2.05) is 64.1 Å². The molecule has 0 aromatic heterocycles. The van der Waals surface area contributed by atoms with Crippen molar-refractivity contribution in [3.8, 4) is 11.5 Å². The van der Waals surface area contributed by atoms with Crippen LogP contribution in [0.5, 0.6) is 11.5 Å². The Morgan fingerprint density at radius 3 is 2.55 bits per heavy atom. The molecule has 2 aromatic rings. The van der Waals surface area contributed by atoms with Gasteiger partial charge in [-0.25, -0.2) is 0 Å². The summed E-state index contributed by atoms with van der Waals surface area (Å²) in [7, 11) is 0. The topological polar surface area (TPSA) is 67.9 Å². The number of nitrogens with zero attached hydrogens (tertiary/aromatic N) is 1. The summed E-state index contributed by atoms with van der Waals surface area (Å²) in [6, 6.07) is 13.3. The molecule has 0 radical (unpaired) electrons. The highest BCUT2D eigenvalue weighted by molar-refractivity contribution is 5.87. The maximum Gasteiger partial charge on any atom is 0.243 e. The first-order valence-electron chi connectivity index (χ1n) is 10.9. The van der Waals surface area contributed by atoms with Gasteiger partial charge in [-0.15, -0.1) is 0 Å². The highest BCUT2D eigenvalue weighted by Crippen LogP contribution is 2.32. The largest absolute Gasteiger partial charge is 0.454 e. The van der Waals surface area contributed by atoms with Gasteiger partial charge in [-0.3, -0.25) is 9.59 Å². The first kappa shape index (κ1) is 22.7. The van der Waals surface area contributed by atoms with Crippen LogP contribution in [0.1, 0.15) is 50.3 Å². The lowest BCUT2D eigenvalue weighted by atomic mass is 10.0.